The van der Waals surface area contributed by atoms with Gasteiger partial charge in [-0.05, 0) is 56.0 Å². The summed E-state index contributed by atoms with van der Waals surface area (Å²) < 4.78 is 48.0. The number of aromatic nitrogens is 2. The van der Waals surface area contributed by atoms with Gasteiger partial charge in [0.2, 0.25) is 0 Å². The summed E-state index contributed by atoms with van der Waals surface area (Å²) >= 11 is 6.47. The fourth-order valence-corrected chi connectivity index (χ4v) is 6.57. The average molecular weight is 616 g/mol. The van der Waals surface area contributed by atoms with Crippen molar-refractivity contribution in [2.45, 2.75) is 44.8 Å². The lowest BCUT2D eigenvalue weighted by Crippen LogP contribution is -2.47. The molecule has 2 aromatic carbocycles. The van der Waals surface area contributed by atoms with Crippen LogP contribution in [0.1, 0.15) is 54.7 Å². The zero-order valence-corrected chi connectivity index (χ0v) is 25.0. The second-order valence-corrected chi connectivity index (χ2v) is 12.1. The Labute approximate surface area is 255 Å². The van der Waals surface area contributed by atoms with Crippen LogP contribution in [0.5, 0.6) is 0 Å². The quantitative estimate of drug-likeness (QED) is 0.252. The minimum atomic E-state index is -2.86. The number of piperidine rings is 1. The van der Waals surface area contributed by atoms with Crippen molar-refractivity contribution in [2.75, 3.05) is 62.2 Å². The van der Waals surface area contributed by atoms with Gasteiger partial charge in [-0.25, -0.2) is 18.0 Å². The third-order valence-corrected chi connectivity index (χ3v) is 9.06. The molecule has 6 rings (SSSR count). The molecule has 3 unspecified atom stereocenters. The molecule has 2 aliphatic heterocycles. The molecule has 3 heterocycles. The first-order valence-corrected chi connectivity index (χ1v) is 15.5. The first-order chi connectivity index (χ1) is 20.8. The number of nitrogens with zero attached hydrogens (tertiary/aromatic N) is 5. The molecule has 11 heteroatoms. The fourth-order valence-electron chi connectivity index (χ4n) is 6.40. The normalized spacial score (nSPS) is 22.7. The molecule has 43 heavy (non-hydrogen) atoms. The first-order valence-electron chi connectivity index (χ1n) is 15.1. The Hall–Kier alpha value is -3.24. The minimum Gasteiger partial charge on any atom is -0.462 e. The summed E-state index contributed by atoms with van der Waals surface area (Å²) in [6.07, 6.45) is -0.135. The molecule has 0 spiro atoms. The van der Waals surface area contributed by atoms with Gasteiger partial charge in [0, 0.05) is 73.7 Å². The third-order valence-electron chi connectivity index (χ3n) is 8.82. The smallest absolute Gasteiger partial charge is 0.341 e. The van der Waals surface area contributed by atoms with Gasteiger partial charge in [0.1, 0.15) is 17.4 Å². The number of rotatable bonds is 9. The zero-order chi connectivity index (χ0) is 30.1. The van der Waals surface area contributed by atoms with Gasteiger partial charge in [0.25, 0.3) is 6.43 Å². The molecule has 0 amide bonds. The van der Waals surface area contributed by atoms with Gasteiger partial charge >= 0.3 is 5.97 Å². The summed E-state index contributed by atoms with van der Waals surface area (Å²) in [6, 6.07) is 13.9. The Balaban J connectivity index is 1.19. The molecular weight excluding hydrogens is 579 g/mol. The summed E-state index contributed by atoms with van der Waals surface area (Å²) in [6.45, 7) is 7.49. The van der Waals surface area contributed by atoms with E-state index in [0.29, 0.717) is 24.4 Å². The molecular formula is C32H37ClF3N5O2. The Morgan fingerprint density at radius 2 is 1.81 bits per heavy atom. The molecule has 2 saturated heterocycles. The fraction of sp³-hybridized carbons (Fsp3) is 0.500. The van der Waals surface area contributed by atoms with Crippen LogP contribution in [0, 0.1) is 5.92 Å². The highest BCUT2D eigenvalue weighted by Gasteiger charge is 2.39. The Morgan fingerprint density at radius 3 is 2.49 bits per heavy atom. The number of alkyl halides is 3. The van der Waals surface area contributed by atoms with Crippen LogP contribution in [-0.2, 0) is 4.74 Å². The highest BCUT2D eigenvalue weighted by molar-refractivity contribution is 6.31. The third kappa shape index (κ3) is 6.50. The molecule has 3 aliphatic rings. The maximum absolute atomic E-state index is 14.2. The SMILES string of the molecule is CCOC(=O)c1cnn(C2CCCN(c3cc(Cl)ccc3-c3ccc(N4CCN(CC5CC5F)CC4)cc3)C2)c1C(F)F. The van der Waals surface area contributed by atoms with Crippen LogP contribution in [-0.4, -0.2) is 79.2 Å². The first kappa shape index (κ1) is 29.8. The van der Waals surface area contributed by atoms with Crippen molar-refractivity contribution in [1.82, 2.24) is 14.7 Å². The molecule has 1 aromatic heterocycles. The van der Waals surface area contributed by atoms with Crippen molar-refractivity contribution in [2.24, 2.45) is 5.92 Å². The maximum atomic E-state index is 14.2. The van der Waals surface area contributed by atoms with Crippen molar-refractivity contribution in [3.63, 3.8) is 0 Å². The molecule has 7 nitrogen and oxygen atoms in total. The van der Waals surface area contributed by atoms with E-state index < -0.39 is 24.3 Å². The highest BCUT2D eigenvalue weighted by Crippen LogP contribution is 2.39. The number of carbonyl (C=O) groups excluding carboxylic acids is 1. The van der Waals surface area contributed by atoms with Crippen molar-refractivity contribution in [3.05, 3.63) is 64.9 Å². The van der Waals surface area contributed by atoms with Gasteiger partial charge in [-0.1, -0.05) is 29.8 Å². The lowest BCUT2D eigenvalue weighted by molar-refractivity contribution is 0.0512. The molecule has 0 bridgehead atoms. The van der Waals surface area contributed by atoms with Gasteiger partial charge in [0.05, 0.1) is 18.8 Å². The number of carbonyl (C=O) groups is 1. The molecule has 0 radical (unpaired) electrons. The number of hydrogen-bond donors (Lipinski definition) is 0. The van der Waals surface area contributed by atoms with Crippen molar-refractivity contribution in [3.8, 4) is 11.1 Å². The van der Waals surface area contributed by atoms with Crippen molar-refractivity contribution in [1.29, 1.82) is 0 Å². The van der Waals surface area contributed by atoms with E-state index in [2.05, 4.69) is 44.1 Å². The number of hydrogen-bond acceptors (Lipinski definition) is 6. The number of esters is 1. The highest BCUT2D eigenvalue weighted by atomic mass is 35.5. The number of ether oxygens (including phenoxy) is 1. The zero-order valence-electron chi connectivity index (χ0n) is 24.3. The summed E-state index contributed by atoms with van der Waals surface area (Å²) in [5, 5.41) is 4.82. The molecule has 230 valence electrons. The van der Waals surface area contributed by atoms with E-state index >= 15 is 0 Å². The van der Waals surface area contributed by atoms with Crippen LogP contribution in [0.4, 0.5) is 24.5 Å². The van der Waals surface area contributed by atoms with Crippen molar-refractivity contribution >= 4 is 28.9 Å². The second-order valence-electron chi connectivity index (χ2n) is 11.7. The van der Waals surface area contributed by atoms with Gasteiger partial charge in [0.15, 0.2) is 0 Å². The predicted molar refractivity (Wildman–Crippen MR) is 162 cm³/mol. The Kier molecular flexibility index (Phi) is 8.86. The van der Waals surface area contributed by atoms with Gasteiger partial charge < -0.3 is 14.5 Å². The molecule has 1 aliphatic carbocycles. The number of anilines is 2. The van der Waals surface area contributed by atoms with Crippen LogP contribution in [0.15, 0.2) is 48.7 Å². The van der Waals surface area contributed by atoms with E-state index in [9.17, 15) is 18.0 Å². The van der Waals surface area contributed by atoms with Crippen LogP contribution >= 0.6 is 11.6 Å². The minimum absolute atomic E-state index is 0.0986. The largest absolute Gasteiger partial charge is 0.462 e. The van der Waals surface area contributed by atoms with E-state index in [1.807, 2.05) is 18.2 Å². The lowest BCUT2D eigenvalue weighted by Gasteiger charge is -2.37. The number of piperazine rings is 1. The average Bonchev–Trinajstić information content (AvgIpc) is 3.51. The van der Waals surface area contributed by atoms with Crippen molar-refractivity contribution < 1.29 is 22.7 Å². The van der Waals surface area contributed by atoms with E-state index in [0.717, 1.165) is 68.2 Å². The summed E-state index contributed by atoms with van der Waals surface area (Å²) in [5.74, 6) is -0.560. The van der Waals surface area contributed by atoms with Gasteiger partial charge in [-0.3, -0.25) is 9.58 Å². The van der Waals surface area contributed by atoms with E-state index in [-0.39, 0.29) is 24.1 Å². The van der Waals surface area contributed by atoms with E-state index in [1.54, 1.807) is 6.92 Å². The summed E-state index contributed by atoms with van der Waals surface area (Å²) in [4.78, 5) is 19.2. The van der Waals surface area contributed by atoms with Crippen LogP contribution in [0.25, 0.3) is 11.1 Å². The second kappa shape index (κ2) is 12.8. The monoisotopic (exact) mass is 615 g/mol. The van der Waals surface area contributed by atoms with E-state index in [4.69, 9.17) is 16.3 Å². The number of halogens is 4. The topological polar surface area (TPSA) is 53.8 Å². The van der Waals surface area contributed by atoms with Crippen LogP contribution < -0.4 is 9.80 Å². The van der Waals surface area contributed by atoms with E-state index in [1.165, 1.54) is 10.9 Å². The molecule has 1 saturated carbocycles. The Bertz CT molecular complexity index is 1430. The van der Waals surface area contributed by atoms with Crippen LogP contribution in [0.3, 0.4) is 0 Å². The molecule has 3 aromatic rings. The lowest BCUT2D eigenvalue weighted by atomic mass is 9.99. The Morgan fingerprint density at radius 1 is 1.07 bits per heavy atom. The van der Waals surface area contributed by atoms with Gasteiger partial charge in [-0.2, -0.15) is 5.10 Å². The number of benzene rings is 2. The summed E-state index contributed by atoms with van der Waals surface area (Å²) in [7, 11) is 0. The van der Waals surface area contributed by atoms with Crippen LogP contribution in [0.2, 0.25) is 5.02 Å². The standard InChI is InChI=1S/C32H37ClF3N5O2/c1-2-43-32(42)27-18-37-41(30(27)31(35)36)25-4-3-11-40(20-25)29-17-23(33)7-10-26(29)21-5-8-24(9-6-21)39-14-12-38(13-15-39)19-22-16-28(22)34/h5-10,17-18,22,25,28,31H,2-4,11-16,19-20H2,1H3. The maximum Gasteiger partial charge on any atom is 0.341 e. The molecule has 0 N–H and O–H groups in total. The molecule has 3 fully saturated rings. The summed E-state index contributed by atoms with van der Waals surface area (Å²) in [5.41, 5.74) is 3.55. The van der Waals surface area contributed by atoms with Gasteiger partial charge in [-0.15, -0.1) is 0 Å². The predicted octanol–water partition coefficient (Wildman–Crippen LogP) is 6.64. The molecule has 3 atom stereocenters.